The predicted molar refractivity (Wildman–Crippen MR) is 117 cm³/mol. The number of hydrogen-bond acceptors (Lipinski definition) is 5. The fourth-order valence-corrected chi connectivity index (χ4v) is 3.13. The number of rotatable bonds is 6. The highest BCUT2D eigenvalue weighted by Gasteiger charge is 2.11. The summed E-state index contributed by atoms with van der Waals surface area (Å²) in [4.78, 5) is 16.7. The molecule has 4 rings (SSSR count). The molecule has 7 nitrogen and oxygen atoms in total. The fourth-order valence-electron chi connectivity index (χ4n) is 3.13. The van der Waals surface area contributed by atoms with Crippen molar-refractivity contribution in [1.29, 1.82) is 0 Å². The van der Waals surface area contributed by atoms with Crippen LogP contribution in [-0.4, -0.2) is 33.7 Å². The van der Waals surface area contributed by atoms with Crippen molar-refractivity contribution in [3.05, 3.63) is 72.4 Å². The zero-order valence-corrected chi connectivity index (χ0v) is 17.1. The van der Waals surface area contributed by atoms with Gasteiger partial charge in [0.1, 0.15) is 5.75 Å². The lowest BCUT2D eigenvalue weighted by Crippen LogP contribution is -2.29. The third kappa shape index (κ3) is 4.10. The van der Waals surface area contributed by atoms with Gasteiger partial charge in [0, 0.05) is 29.1 Å². The molecular formula is C23H23N5O2. The Morgan fingerprint density at radius 3 is 2.43 bits per heavy atom. The van der Waals surface area contributed by atoms with Crippen LogP contribution in [0.5, 0.6) is 5.75 Å². The largest absolute Gasteiger partial charge is 0.497 e. The van der Waals surface area contributed by atoms with Gasteiger partial charge < -0.3 is 15.4 Å². The molecule has 0 radical (unpaired) electrons. The number of fused-ring (bicyclic) bond motifs is 1. The molecule has 0 fully saturated rings. The molecule has 0 saturated heterocycles. The van der Waals surface area contributed by atoms with Crippen LogP contribution in [0.25, 0.3) is 16.8 Å². The molecule has 0 aliphatic rings. The highest BCUT2D eigenvalue weighted by Crippen LogP contribution is 2.26. The SMILES string of the molecule is COc1ccc(-c2cccn3nc(Nc4ccc(C(=O)NC(C)C)cc4)nc23)cc1. The van der Waals surface area contributed by atoms with E-state index in [-0.39, 0.29) is 11.9 Å². The Labute approximate surface area is 174 Å². The number of pyridine rings is 1. The van der Waals surface area contributed by atoms with Crippen LogP contribution >= 0.6 is 0 Å². The van der Waals surface area contributed by atoms with Crippen LogP contribution in [0.1, 0.15) is 24.2 Å². The fraction of sp³-hybridized carbons (Fsp3) is 0.174. The van der Waals surface area contributed by atoms with Crippen LogP contribution in [0.15, 0.2) is 66.9 Å². The predicted octanol–water partition coefficient (Wildman–Crippen LogP) is 4.29. The summed E-state index contributed by atoms with van der Waals surface area (Å²) in [6, 6.07) is 19.1. The van der Waals surface area contributed by atoms with Crippen LogP contribution in [-0.2, 0) is 0 Å². The molecule has 2 aromatic carbocycles. The van der Waals surface area contributed by atoms with Gasteiger partial charge in [-0.15, -0.1) is 5.10 Å². The van der Waals surface area contributed by atoms with Gasteiger partial charge in [0.2, 0.25) is 5.95 Å². The molecule has 2 heterocycles. The molecule has 2 N–H and O–H groups in total. The van der Waals surface area contributed by atoms with E-state index in [1.165, 1.54) is 0 Å². The van der Waals surface area contributed by atoms with E-state index in [2.05, 4.69) is 20.7 Å². The molecule has 0 bridgehead atoms. The van der Waals surface area contributed by atoms with Crippen LogP contribution in [0.3, 0.4) is 0 Å². The van der Waals surface area contributed by atoms with Gasteiger partial charge in [0.15, 0.2) is 5.65 Å². The average Bonchev–Trinajstić information content (AvgIpc) is 3.16. The van der Waals surface area contributed by atoms with E-state index in [0.717, 1.165) is 28.2 Å². The second-order valence-corrected chi connectivity index (χ2v) is 7.18. The number of carbonyl (C=O) groups is 1. The zero-order valence-electron chi connectivity index (χ0n) is 17.1. The van der Waals surface area contributed by atoms with Crippen molar-refractivity contribution < 1.29 is 9.53 Å². The maximum atomic E-state index is 12.1. The molecule has 0 unspecified atom stereocenters. The van der Waals surface area contributed by atoms with E-state index in [0.29, 0.717) is 11.5 Å². The molecule has 0 aliphatic heterocycles. The zero-order chi connectivity index (χ0) is 21.1. The first-order chi connectivity index (χ1) is 14.5. The number of benzene rings is 2. The van der Waals surface area contributed by atoms with Gasteiger partial charge in [0.25, 0.3) is 5.91 Å². The minimum absolute atomic E-state index is 0.0912. The molecule has 0 spiro atoms. The summed E-state index contributed by atoms with van der Waals surface area (Å²) < 4.78 is 6.98. The standard InChI is InChI=1S/C23H23N5O2/c1-15(2)24-22(29)17-6-10-18(11-7-17)25-23-26-21-20(5-4-14-28(21)27-23)16-8-12-19(30-3)13-9-16/h4-15H,1-3H3,(H,24,29)(H,25,27). The summed E-state index contributed by atoms with van der Waals surface area (Å²) in [5.41, 5.74) is 4.16. The minimum Gasteiger partial charge on any atom is -0.497 e. The molecular weight excluding hydrogens is 378 g/mol. The highest BCUT2D eigenvalue weighted by atomic mass is 16.5. The molecule has 2 aromatic heterocycles. The maximum Gasteiger partial charge on any atom is 0.251 e. The number of nitrogens with one attached hydrogen (secondary N) is 2. The summed E-state index contributed by atoms with van der Waals surface area (Å²) >= 11 is 0. The first-order valence-electron chi connectivity index (χ1n) is 9.71. The molecule has 152 valence electrons. The summed E-state index contributed by atoms with van der Waals surface area (Å²) in [6.07, 6.45) is 1.86. The van der Waals surface area contributed by atoms with E-state index < -0.39 is 0 Å². The quantitative estimate of drug-likeness (QED) is 0.504. The van der Waals surface area contributed by atoms with Crippen LogP contribution < -0.4 is 15.4 Å². The van der Waals surface area contributed by atoms with Crippen molar-refractivity contribution in [1.82, 2.24) is 19.9 Å². The Morgan fingerprint density at radius 2 is 1.77 bits per heavy atom. The third-order valence-electron chi connectivity index (χ3n) is 4.59. The molecule has 7 heteroatoms. The normalized spacial score (nSPS) is 10.9. The Kier molecular flexibility index (Phi) is 5.34. The van der Waals surface area contributed by atoms with Gasteiger partial charge in [-0.05, 0) is 67.9 Å². The van der Waals surface area contributed by atoms with Gasteiger partial charge in [-0.25, -0.2) is 4.52 Å². The van der Waals surface area contributed by atoms with Crippen molar-refractivity contribution in [2.45, 2.75) is 19.9 Å². The van der Waals surface area contributed by atoms with Gasteiger partial charge in [-0.2, -0.15) is 4.98 Å². The number of aromatic nitrogens is 3. The second kappa shape index (κ2) is 8.24. The van der Waals surface area contributed by atoms with Crippen LogP contribution in [0.4, 0.5) is 11.6 Å². The van der Waals surface area contributed by atoms with E-state index >= 15 is 0 Å². The van der Waals surface area contributed by atoms with E-state index in [1.807, 2.05) is 68.6 Å². The third-order valence-corrected chi connectivity index (χ3v) is 4.59. The first kappa shape index (κ1) is 19.4. The lowest BCUT2D eigenvalue weighted by Gasteiger charge is -2.08. The van der Waals surface area contributed by atoms with Gasteiger partial charge >= 0.3 is 0 Å². The van der Waals surface area contributed by atoms with Crippen molar-refractivity contribution in [2.75, 3.05) is 12.4 Å². The molecule has 30 heavy (non-hydrogen) atoms. The Hall–Kier alpha value is -3.87. The van der Waals surface area contributed by atoms with Crippen molar-refractivity contribution in [3.8, 4) is 16.9 Å². The smallest absolute Gasteiger partial charge is 0.251 e. The van der Waals surface area contributed by atoms with Crippen molar-refractivity contribution >= 4 is 23.2 Å². The number of anilines is 2. The summed E-state index contributed by atoms with van der Waals surface area (Å²) in [7, 11) is 1.65. The minimum atomic E-state index is -0.0912. The van der Waals surface area contributed by atoms with Gasteiger partial charge in [-0.3, -0.25) is 4.79 Å². The number of carbonyl (C=O) groups excluding carboxylic acids is 1. The first-order valence-corrected chi connectivity index (χ1v) is 9.71. The molecule has 0 aliphatic carbocycles. The Balaban J connectivity index is 1.57. The van der Waals surface area contributed by atoms with Crippen molar-refractivity contribution in [2.24, 2.45) is 0 Å². The van der Waals surface area contributed by atoms with Gasteiger partial charge in [-0.1, -0.05) is 12.1 Å². The second-order valence-electron chi connectivity index (χ2n) is 7.18. The van der Waals surface area contributed by atoms with Crippen molar-refractivity contribution in [3.63, 3.8) is 0 Å². The lowest BCUT2D eigenvalue weighted by molar-refractivity contribution is 0.0943. The number of nitrogens with zero attached hydrogens (tertiary/aromatic N) is 3. The lowest BCUT2D eigenvalue weighted by atomic mass is 10.1. The number of hydrogen-bond donors (Lipinski definition) is 2. The monoisotopic (exact) mass is 401 g/mol. The Bertz CT molecular complexity index is 1160. The number of methoxy groups -OCH3 is 1. The van der Waals surface area contributed by atoms with E-state index in [9.17, 15) is 4.79 Å². The summed E-state index contributed by atoms with van der Waals surface area (Å²) in [5.74, 6) is 1.20. The van der Waals surface area contributed by atoms with E-state index in [1.54, 1.807) is 23.8 Å². The molecule has 4 aromatic rings. The maximum absolute atomic E-state index is 12.1. The molecule has 0 atom stereocenters. The summed E-state index contributed by atoms with van der Waals surface area (Å²) in [5, 5.41) is 10.6. The highest BCUT2D eigenvalue weighted by molar-refractivity contribution is 5.94. The Morgan fingerprint density at radius 1 is 1.03 bits per heavy atom. The van der Waals surface area contributed by atoms with E-state index in [4.69, 9.17) is 4.74 Å². The topological polar surface area (TPSA) is 80.5 Å². The average molecular weight is 401 g/mol. The van der Waals surface area contributed by atoms with Gasteiger partial charge in [0.05, 0.1) is 7.11 Å². The molecule has 1 amide bonds. The summed E-state index contributed by atoms with van der Waals surface area (Å²) in [6.45, 7) is 3.87. The van der Waals surface area contributed by atoms with Crippen LogP contribution in [0, 0.1) is 0 Å². The molecule has 0 saturated carbocycles. The number of ether oxygens (including phenoxy) is 1. The van der Waals surface area contributed by atoms with Crippen LogP contribution in [0.2, 0.25) is 0 Å². The number of amides is 1.